The van der Waals surface area contributed by atoms with Gasteiger partial charge in [-0.1, -0.05) is 34.6 Å². The summed E-state index contributed by atoms with van der Waals surface area (Å²) >= 11 is 0. The average molecular weight is 1950 g/mol. The number of amides is 8. The van der Waals surface area contributed by atoms with Crippen LogP contribution in [0.4, 0.5) is 17.6 Å². The van der Waals surface area contributed by atoms with Gasteiger partial charge in [0.25, 0.3) is 29.5 Å². The first-order chi connectivity index (χ1) is 68.4. The van der Waals surface area contributed by atoms with E-state index in [1.165, 1.54) is 48.5 Å². The number of aliphatic hydroxyl groups is 1. The van der Waals surface area contributed by atoms with Crippen molar-refractivity contribution in [2.75, 3.05) is 91.8 Å². The van der Waals surface area contributed by atoms with E-state index in [-0.39, 0.29) is 151 Å². The van der Waals surface area contributed by atoms with Gasteiger partial charge in [0.1, 0.15) is 56.4 Å². The number of halogens is 4. The number of carbonyl (C=O) groups excluding carboxylic acids is 8. The molecular weight excluding hydrogens is 1830 g/mol. The molecule has 0 bridgehead atoms. The Bertz CT molecular complexity index is 6930. The number of rotatable bonds is 16. The highest BCUT2D eigenvalue weighted by Crippen LogP contribution is 2.56. The van der Waals surface area contributed by atoms with Crippen molar-refractivity contribution in [3.63, 3.8) is 0 Å². The first-order valence-corrected chi connectivity index (χ1v) is 50.4. The Morgan fingerprint density at radius 1 is 0.350 bits per heavy atom. The summed E-state index contributed by atoms with van der Waals surface area (Å²) < 4.78 is 83.9. The highest BCUT2D eigenvalue weighted by Gasteiger charge is 2.56. The van der Waals surface area contributed by atoms with E-state index < -0.39 is 11.0 Å². The third kappa shape index (κ3) is 18.8. The molecule has 5 saturated heterocycles. The summed E-state index contributed by atoms with van der Waals surface area (Å²) in [5, 5.41) is 19.6. The van der Waals surface area contributed by atoms with Crippen LogP contribution in [0.15, 0.2) is 163 Å². The number of hydrogen-bond donors (Lipinski definition) is 1. The summed E-state index contributed by atoms with van der Waals surface area (Å²) in [5.41, 5.74) is 13.0. The van der Waals surface area contributed by atoms with Crippen LogP contribution in [0.2, 0.25) is 0 Å². The molecule has 31 heteroatoms. The van der Waals surface area contributed by atoms with Crippen molar-refractivity contribution in [3.05, 3.63) is 214 Å². The van der Waals surface area contributed by atoms with Crippen LogP contribution in [0, 0.1) is 51.3 Å². The third-order valence-electron chi connectivity index (χ3n) is 32.2. The van der Waals surface area contributed by atoms with Gasteiger partial charge in [0, 0.05) is 196 Å². The van der Waals surface area contributed by atoms with Crippen LogP contribution in [0.5, 0.6) is 0 Å². The fraction of sp³-hybridized carbons (Fsp3) is 0.455. The molecule has 27 nitrogen and oxygen atoms in total. The molecule has 0 unspecified atom stereocenters. The number of furan rings is 4. The van der Waals surface area contributed by atoms with E-state index in [9.17, 15) is 66.3 Å². The molecule has 5 aliphatic heterocycles. The smallest absolute Gasteiger partial charge is 0.289 e. The van der Waals surface area contributed by atoms with Crippen molar-refractivity contribution in [3.8, 4) is 51.1 Å². The minimum Gasteiger partial charge on any atom is -0.449 e. The minimum atomic E-state index is -1.21. The first-order valence-electron chi connectivity index (χ1n) is 50.4. The summed E-state index contributed by atoms with van der Waals surface area (Å²) in [7, 11) is 0. The summed E-state index contributed by atoms with van der Waals surface area (Å²) in [6.45, 7) is 25.1. The standard InChI is InChI=1S/C29H32FN3O4.C28H27FN4O3.C28H30FN3O3.C27H28FN3O4/c1-18-17-32(11-12-33(18)27(34)20-7-13-36-14-8-20)28(35)25-16-24-26(37-25)22(29(2)9-10-29)15-23(31-24)19-3-5-21(30)6-4-19;1-17-15-32(11-12-33(17)26(35)28(16-30)9-10-28)25(34)23-14-22-24(36-23)20(27(2)7-8-27)13-21(31-22)18-3-5-19(29)6-4-18;1-17-16-31(12-13-32(17)26(34)28(3)10-11-28)25(33)23-15-22-24(35-23)20(27(2)8-9-27)14-21(30-22)18-4-6-19(29)7-5-18;1-16-15-30(11-12-31(16)25(33)27(34)9-10-27)24(32)22-14-21-23(35-22)19(26(2)7-8-26)13-20(29-21)17-3-5-18(28)6-4-17/h3-6,15-16,18,20H,7-14,17H2,1-2H3;3-6,13-14,17H,7-12,15H2,1-2H3;4-7,14-15,17H,8-13,16H2,1-3H3;3-6,13-14,16,34H,7-12,15H2,1-2H3/t18-;2*17-;16-/m0000/s1. The number of hydrogen-bond acceptors (Lipinski definition) is 19. The van der Waals surface area contributed by atoms with E-state index in [0.717, 1.165) is 144 Å². The number of pyridine rings is 4. The fourth-order valence-corrected chi connectivity index (χ4v) is 20.9. The second-order valence-electron chi connectivity index (χ2n) is 43.4. The lowest BCUT2D eigenvalue weighted by Gasteiger charge is -2.41. The molecule has 8 amide bonds. The average Bonchev–Trinajstić information content (AvgIpc) is 1.59. The molecule has 24 rings (SSSR count). The summed E-state index contributed by atoms with van der Waals surface area (Å²) in [6, 6.07) is 41.6. The van der Waals surface area contributed by atoms with Crippen LogP contribution >= 0.6 is 0 Å². The molecule has 4 atom stereocenters. The molecule has 12 aromatic rings. The summed E-state index contributed by atoms with van der Waals surface area (Å²) in [6.07, 6.45) is 13.9. The molecule has 7 saturated carbocycles. The second kappa shape index (κ2) is 36.4. The molecule has 13 heterocycles. The van der Waals surface area contributed by atoms with Crippen LogP contribution in [-0.2, 0) is 45.6 Å². The lowest BCUT2D eigenvalue weighted by molar-refractivity contribution is -0.146. The zero-order valence-electron chi connectivity index (χ0n) is 82.0. The summed E-state index contributed by atoms with van der Waals surface area (Å²) in [5.74, 6) is -0.983. The van der Waals surface area contributed by atoms with Gasteiger partial charge in [-0.05, 0) is 273 Å². The topological polar surface area (TPSA) is 320 Å². The van der Waals surface area contributed by atoms with Crippen molar-refractivity contribution in [2.24, 2.45) is 16.7 Å². The minimum absolute atomic E-state index is 0.00639. The first kappa shape index (κ1) is 95.7. The lowest BCUT2D eigenvalue weighted by Crippen LogP contribution is -2.57. The maximum Gasteiger partial charge on any atom is 0.289 e. The number of ether oxygens (including phenoxy) is 1. The van der Waals surface area contributed by atoms with Crippen molar-refractivity contribution >= 4 is 91.7 Å². The Morgan fingerprint density at radius 2 is 0.615 bits per heavy atom. The molecule has 12 fully saturated rings. The Labute approximate surface area is 825 Å². The zero-order chi connectivity index (χ0) is 100. The molecule has 143 heavy (non-hydrogen) atoms. The Hall–Kier alpha value is -13.5. The van der Waals surface area contributed by atoms with Crippen LogP contribution in [0.25, 0.3) is 89.4 Å². The molecule has 0 radical (unpaired) electrons. The quantitative estimate of drug-likeness (QED) is 0.0878. The van der Waals surface area contributed by atoms with Gasteiger partial charge >= 0.3 is 0 Å². The van der Waals surface area contributed by atoms with Crippen LogP contribution < -0.4 is 0 Å². The monoisotopic (exact) mass is 1940 g/mol. The van der Waals surface area contributed by atoms with Crippen molar-refractivity contribution < 1.29 is 83.4 Å². The van der Waals surface area contributed by atoms with Gasteiger partial charge in [0.2, 0.25) is 17.7 Å². The molecular formula is C112H117F4N13O14. The predicted molar refractivity (Wildman–Crippen MR) is 525 cm³/mol. The van der Waals surface area contributed by atoms with Gasteiger partial charge in [0.05, 0.1) is 28.8 Å². The van der Waals surface area contributed by atoms with Gasteiger partial charge in [-0.3, -0.25) is 38.4 Å². The highest BCUT2D eigenvalue weighted by atomic mass is 19.1. The van der Waals surface area contributed by atoms with E-state index in [2.05, 4.69) is 33.8 Å². The zero-order valence-corrected chi connectivity index (χ0v) is 82.0. The number of aromatic nitrogens is 4. The van der Waals surface area contributed by atoms with Crippen LogP contribution in [0.3, 0.4) is 0 Å². The van der Waals surface area contributed by atoms with Crippen molar-refractivity contribution in [1.29, 1.82) is 5.26 Å². The van der Waals surface area contributed by atoms with Gasteiger partial charge in [0.15, 0.2) is 45.4 Å². The largest absolute Gasteiger partial charge is 0.449 e. The molecule has 12 aliphatic rings. The Kier molecular flexibility index (Phi) is 24.4. The normalized spacial score (nSPS) is 22.1. The number of piperazine rings is 4. The highest BCUT2D eigenvalue weighted by molar-refractivity contribution is 6.01. The Balaban J connectivity index is 0.000000113. The van der Waals surface area contributed by atoms with E-state index in [0.29, 0.717) is 162 Å². The van der Waals surface area contributed by atoms with Gasteiger partial charge in [-0.15, -0.1) is 0 Å². The SMILES string of the molecule is C[C@H]1CN(C(=O)c2cc3nc(-c4ccc(F)cc4)cc(C4(C)CC4)c3o2)CCN1C(=O)C1(C#N)CC1.C[C@H]1CN(C(=O)c2cc3nc(-c4ccc(F)cc4)cc(C4(C)CC4)c3o2)CCN1C(=O)C1(C)CC1.C[C@H]1CN(C(=O)c2cc3nc(-c4ccc(F)cc4)cc(C4(C)CC4)c3o2)CCN1C(=O)C1(O)CC1.C[C@H]1CN(C(=O)c2cc3nc(-c4ccc(F)cc4)cc(C4(C)CC4)c3o2)CCN1C(=O)C1CCOCC1. The molecule has 7 aliphatic carbocycles. The number of nitriles is 1. The molecule has 1 N–H and O–H groups in total. The van der Waals surface area contributed by atoms with Gasteiger partial charge in [-0.25, -0.2) is 37.5 Å². The number of carbonyl (C=O) groups is 8. The van der Waals surface area contributed by atoms with Crippen LogP contribution in [-0.4, -0.2) is 233 Å². The second-order valence-corrected chi connectivity index (χ2v) is 43.4. The van der Waals surface area contributed by atoms with Crippen molar-refractivity contribution in [2.45, 2.75) is 216 Å². The fourth-order valence-electron chi connectivity index (χ4n) is 20.9. The summed E-state index contributed by atoms with van der Waals surface area (Å²) in [4.78, 5) is 138. The predicted octanol–water partition coefficient (Wildman–Crippen LogP) is 18.5. The number of benzene rings is 4. The van der Waals surface area contributed by atoms with E-state index >= 15 is 0 Å². The third-order valence-corrected chi connectivity index (χ3v) is 32.2. The molecule has 8 aromatic heterocycles. The van der Waals surface area contributed by atoms with Gasteiger partial charge < -0.3 is 66.7 Å². The maximum absolute atomic E-state index is 13.5. The van der Waals surface area contributed by atoms with Crippen molar-refractivity contribution in [1.82, 2.24) is 59.1 Å². The van der Waals surface area contributed by atoms with E-state index in [1.54, 1.807) is 102 Å². The molecule has 0 spiro atoms. The van der Waals surface area contributed by atoms with Crippen LogP contribution in [0.1, 0.15) is 230 Å². The van der Waals surface area contributed by atoms with E-state index in [4.69, 9.17) is 42.3 Å². The van der Waals surface area contributed by atoms with E-state index in [1.807, 2.05) is 68.7 Å². The maximum atomic E-state index is 13.5. The Morgan fingerprint density at radius 3 is 0.860 bits per heavy atom. The molecule has 742 valence electrons. The lowest BCUT2D eigenvalue weighted by atomic mass is 9.96. The molecule has 4 aromatic carbocycles. The number of nitrogens with zero attached hydrogens (tertiary/aromatic N) is 13. The van der Waals surface area contributed by atoms with Gasteiger partial charge in [-0.2, -0.15) is 5.26 Å². The number of fused-ring (bicyclic) bond motifs is 4.